The number of piperidine rings is 2. The van der Waals surface area contributed by atoms with Gasteiger partial charge in [-0.2, -0.15) is 0 Å². The maximum Gasteiger partial charge on any atom is 0.174 e. The molecule has 0 spiro atoms. The van der Waals surface area contributed by atoms with Gasteiger partial charge in [0.25, 0.3) is 0 Å². The molecule has 3 unspecified atom stereocenters. The summed E-state index contributed by atoms with van der Waals surface area (Å²) in [5, 5.41) is 0. The summed E-state index contributed by atoms with van der Waals surface area (Å²) in [4.78, 5) is 18.9. The Balaban J connectivity index is 1.21. The summed E-state index contributed by atoms with van der Waals surface area (Å²) >= 11 is 0. The second kappa shape index (κ2) is 18.1. The van der Waals surface area contributed by atoms with Gasteiger partial charge in [-0.25, -0.2) is 0 Å². The number of hydrogen-bond acceptors (Lipinski definition) is 7. The van der Waals surface area contributed by atoms with E-state index in [9.17, 15) is 4.79 Å². The van der Waals surface area contributed by atoms with Gasteiger partial charge in [0.15, 0.2) is 5.78 Å². The molecular formula is C41H60N2O5. The quantitative estimate of drug-likeness (QED) is 0.132. The Labute approximate surface area is 290 Å². The molecule has 0 amide bonds. The topological polar surface area (TPSA) is 60.5 Å². The number of Topliss-reactive ketones (excluding diaryl/α,β-unsaturated/α-hetero) is 1. The van der Waals surface area contributed by atoms with Crippen molar-refractivity contribution in [3.63, 3.8) is 0 Å². The zero-order chi connectivity index (χ0) is 33.9. The zero-order valence-corrected chi connectivity index (χ0v) is 30.4. The van der Waals surface area contributed by atoms with Gasteiger partial charge in [-0.1, -0.05) is 37.6 Å². The van der Waals surface area contributed by atoms with Crippen molar-refractivity contribution in [1.29, 1.82) is 0 Å². The minimum Gasteiger partial charge on any atom is -0.496 e. The summed E-state index contributed by atoms with van der Waals surface area (Å²) in [5.41, 5.74) is 3.60. The number of carbonyl (C=O) groups is 1. The van der Waals surface area contributed by atoms with Crippen LogP contribution in [0.5, 0.6) is 23.0 Å². The van der Waals surface area contributed by atoms with E-state index >= 15 is 0 Å². The van der Waals surface area contributed by atoms with Crippen molar-refractivity contribution in [2.24, 2.45) is 11.8 Å². The molecule has 7 nitrogen and oxygen atoms in total. The number of likely N-dealkylation sites (tertiary alicyclic amines) is 2. The number of fused-ring (bicyclic) bond motifs is 1. The third-order valence-corrected chi connectivity index (χ3v) is 10.1. The van der Waals surface area contributed by atoms with Gasteiger partial charge < -0.3 is 28.7 Å². The molecule has 0 aromatic heterocycles. The predicted octanol–water partition coefficient (Wildman–Crippen LogP) is 8.69. The fourth-order valence-corrected chi connectivity index (χ4v) is 7.48. The van der Waals surface area contributed by atoms with Crippen molar-refractivity contribution >= 4 is 5.78 Å². The number of unbranched alkanes of at least 4 members (excludes halogenated alkanes) is 2. The number of rotatable bonds is 16. The molecule has 2 fully saturated rings. The van der Waals surface area contributed by atoms with E-state index in [1.807, 2.05) is 30.3 Å². The monoisotopic (exact) mass is 660 g/mol. The molecule has 5 rings (SSSR count). The molecule has 7 heteroatoms. The van der Waals surface area contributed by atoms with Crippen molar-refractivity contribution in [2.45, 2.75) is 98.0 Å². The SMILES string of the molecule is COc1cc(OCCCCN2CCCC(C)C2)c(CC=C(C)C)c2c1C(=O)CC(c1ccc(OCCCCN3CCCC(C)C3)cc1)O2. The van der Waals surface area contributed by atoms with Crippen LogP contribution < -0.4 is 18.9 Å². The normalized spacial score (nSPS) is 21.7. The van der Waals surface area contributed by atoms with Crippen LogP contribution in [0.3, 0.4) is 0 Å². The molecule has 0 N–H and O–H groups in total. The van der Waals surface area contributed by atoms with E-state index in [0.29, 0.717) is 36.7 Å². The van der Waals surface area contributed by atoms with Gasteiger partial charge in [0.05, 0.1) is 26.7 Å². The van der Waals surface area contributed by atoms with Gasteiger partial charge in [0.1, 0.15) is 34.7 Å². The number of benzene rings is 2. The van der Waals surface area contributed by atoms with Crippen LogP contribution in [0, 0.1) is 11.8 Å². The van der Waals surface area contributed by atoms with E-state index in [2.05, 4.69) is 43.6 Å². The summed E-state index contributed by atoms with van der Waals surface area (Å²) in [6, 6.07) is 9.95. The predicted molar refractivity (Wildman–Crippen MR) is 194 cm³/mol. The first-order chi connectivity index (χ1) is 23.3. The first-order valence-electron chi connectivity index (χ1n) is 18.7. The summed E-state index contributed by atoms with van der Waals surface area (Å²) in [7, 11) is 1.61. The first-order valence-corrected chi connectivity index (χ1v) is 18.7. The van der Waals surface area contributed by atoms with E-state index in [0.717, 1.165) is 73.2 Å². The number of allylic oxidation sites excluding steroid dienone is 2. The highest BCUT2D eigenvalue weighted by atomic mass is 16.5. The van der Waals surface area contributed by atoms with Gasteiger partial charge in [-0.05, 0) is 127 Å². The Bertz CT molecular complexity index is 1350. The summed E-state index contributed by atoms with van der Waals surface area (Å²) in [6.45, 7) is 17.4. The van der Waals surface area contributed by atoms with E-state index in [-0.39, 0.29) is 18.3 Å². The van der Waals surface area contributed by atoms with E-state index in [1.54, 1.807) is 7.11 Å². The highest BCUT2D eigenvalue weighted by Crippen LogP contribution is 2.46. The lowest BCUT2D eigenvalue weighted by Gasteiger charge is -2.31. The van der Waals surface area contributed by atoms with Crippen LogP contribution in [0.4, 0.5) is 0 Å². The molecule has 2 saturated heterocycles. The molecule has 3 aliphatic heterocycles. The van der Waals surface area contributed by atoms with Gasteiger partial charge in [-0.15, -0.1) is 0 Å². The minimum atomic E-state index is -0.386. The molecule has 3 atom stereocenters. The van der Waals surface area contributed by atoms with Gasteiger partial charge >= 0.3 is 0 Å². The first kappa shape index (κ1) is 36.3. The average Bonchev–Trinajstić information content (AvgIpc) is 3.07. The van der Waals surface area contributed by atoms with Crippen LogP contribution in [0.25, 0.3) is 0 Å². The number of nitrogens with zero attached hydrogens (tertiary/aromatic N) is 2. The molecular weight excluding hydrogens is 600 g/mol. The van der Waals surface area contributed by atoms with Crippen LogP contribution in [-0.2, 0) is 6.42 Å². The largest absolute Gasteiger partial charge is 0.496 e. The Morgan fingerprint density at radius 1 is 0.875 bits per heavy atom. The van der Waals surface area contributed by atoms with Crippen LogP contribution in [0.2, 0.25) is 0 Å². The maximum atomic E-state index is 13.7. The molecule has 0 radical (unpaired) electrons. The molecule has 48 heavy (non-hydrogen) atoms. The van der Waals surface area contributed by atoms with Crippen LogP contribution in [0.15, 0.2) is 42.0 Å². The lowest BCUT2D eigenvalue weighted by molar-refractivity contribution is 0.0841. The number of hydrogen-bond donors (Lipinski definition) is 0. The molecule has 3 heterocycles. The van der Waals surface area contributed by atoms with Crippen LogP contribution in [0.1, 0.15) is 113 Å². The van der Waals surface area contributed by atoms with Gasteiger partial charge in [-0.3, -0.25) is 4.79 Å². The highest BCUT2D eigenvalue weighted by molar-refractivity contribution is 6.03. The Morgan fingerprint density at radius 2 is 1.50 bits per heavy atom. The minimum absolute atomic E-state index is 0.0299. The van der Waals surface area contributed by atoms with Crippen LogP contribution >= 0.6 is 0 Å². The lowest BCUT2D eigenvalue weighted by atomic mass is 9.92. The second-order valence-electron chi connectivity index (χ2n) is 14.8. The Hall–Kier alpha value is -3.03. The highest BCUT2D eigenvalue weighted by Gasteiger charge is 2.34. The molecule has 2 aromatic carbocycles. The van der Waals surface area contributed by atoms with Gasteiger partial charge in [0.2, 0.25) is 0 Å². The molecule has 2 aromatic rings. The Kier molecular flexibility index (Phi) is 13.7. The fourth-order valence-electron chi connectivity index (χ4n) is 7.48. The molecule has 264 valence electrons. The molecule has 3 aliphatic rings. The van der Waals surface area contributed by atoms with Crippen molar-refractivity contribution in [2.75, 3.05) is 59.6 Å². The van der Waals surface area contributed by atoms with Crippen molar-refractivity contribution in [3.05, 3.63) is 58.7 Å². The van der Waals surface area contributed by atoms with E-state index < -0.39 is 0 Å². The average molecular weight is 661 g/mol. The van der Waals surface area contributed by atoms with Crippen molar-refractivity contribution in [3.8, 4) is 23.0 Å². The molecule has 0 bridgehead atoms. The van der Waals surface area contributed by atoms with Gasteiger partial charge in [0, 0.05) is 24.7 Å². The summed E-state index contributed by atoms with van der Waals surface area (Å²) in [6.07, 6.45) is 12.3. The number of carbonyl (C=O) groups excluding carboxylic acids is 1. The van der Waals surface area contributed by atoms with Crippen LogP contribution in [-0.4, -0.2) is 75.2 Å². The van der Waals surface area contributed by atoms with E-state index in [1.165, 1.54) is 57.4 Å². The fraction of sp³-hybridized carbons (Fsp3) is 0.634. The molecule has 0 saturated carbocycles. The second-order valence-corrected chi connectivity index (χ2v) is 14.8. The summed E-state index contributed by atoms with van der Waals surface area (Å²) in [5.74, 6) is 4.34. The summed E-state index contributed by atoms with van der Waals surface area (Å²) < 4.78 is 25.0. The standard InChI is InChI=1S/C41H60N2O5/c1-30(2)14-19-35-38(47-25-9-7-21-43-23-11-13-32(4)29-43)27-39(45-5)40-36(44)26-37(48-41(35)40)33-15-17-34(18-16-33)46-24-8-6-20-42-22-10-12-31(3)28-42/h14-18,27,31-32,37H,6-13,19-26,28-29H2,1-5H3. The smallest absolute Gasteiger partial charge is 0.174 e. The van der Waals surface area contributed by atoms with E-state index in [4.69, 9.17) is 18.9 Å². The van der Waals surface area contributed by atoms with Crippen molar-refractivity contribution in [1.82, 2.24) is 9.80 Å². The number of methoxy groups -OCH3 is 1. The number of ether oxygens (including phenoxy) is 4. The Morgan fingerprint density at radius 3 is 2.08 bits per heavy atom. The van der Waals surface area contributed by atoms with Crippen molar-refractivity contribution < 1.29 is 23.7 Å². The molecule has 0 aliphatic carbocycles. The zero-order valence-electron chi connectivity index (χ0n) is 30.4. The lowest BCUT2D eigenvalue weighted by Crippen LogP contribution is -2.35. The third-order valence-electron chi connectivity index (χ3n) is 10.1. The maximum absolute atomic E-state index is 13.7. The third kappa shape index (κ3) is 10.2. The number of ketones is 1.